The fourth-order valence-electron chi connectivity index (χ4n) is 4.21. The maximum absolute atomic E-state index is 13.2. The Morgan fingerprint density at radius 1 is 1.09 bits per heavy atom. The molecule has 2 aromatic rings. The van der Waals surface area contributed by atoms with Crippen molar-refractivity contribution in [3.05, 3.63) is 70.3 Å². The van der Waals surface area contributed by atoms with Crippen molar-refractivity contribution in [2.75, 3.05) is 26.9 Å². The molecule has 0 spiro atoms. The van der Waals surface area contributed by atoms with E-state index in [2.05, 4.69) is 34.6 Å². The van der Waals surface area contributed by atoms with Crippen LogP contribution in [-0.2, 0) is 19.7 Å². The van der Waals surface area contributed by atoms with Crippen LogP contribution >= 0.6 is 0 Å². The highest BCUT2D eigenvalue weighted by atomic mass is 16.5. The van der Waals surface area contributed by atoms with E-state index in [1.165, 1.54) is 4.90 Å². The predicted molar refractivity (Wildman–Crippen MR) is 138 cm³/mol. The Labute approximate surface area is 208 Å². The molecule has 2 aromatic carbocycles. The van der Waals surface area contributed by atoms with Gasteiger partial charge in [0.1, 0.15) is 11.5 Å². The molecular weight excluding hydrogens is 442 g/mol. The molecule has 3 rings (SSSR count). The Hall–Kier alpha value is -3.12. The van der Waals surface area contributed by atoms with E-state index in [0.29, 0.717) is 23.8 Å². The van der Waals surface area contributed by atoms with E-state index >= 15 is 0 Å². The van der Waals surface area contributed by atoms with Crippen molar-refractivity contribution in [3.63, 3.8) is 0 Å². The van der Waals surface area contributed by atoms with Crippen LogP contribution in [0.5, 0.6) is 5.75 Å². The second-order valence-corrected chi connectivity index (χ2v) is 10.5. The molecule has 1 aliphatic rings. The van der Waals surface area contributed by atoms with Crippen molar-refractivity contribution >= 4 is 17.4 Å². The SMILES string of the molecule is COCCN1C(=O)C(=O)C(=C(O)c2ccc(OCC(C)C)cc2C)[C@H]1c1ccc(C(C)(C)C)cc1. The van der Waals surface area contributed by atoms with Crippen LogP contribution in [0, 0.1) is 12.8 Å². The summed E-state index contributed by atoms with van der Waals surface area (Å²) < 4.78 is 11.0. The van der Waals surface area contributed by atoms with Gasteiger partial charge in [-0.1, -0.05) is 58.9 Å². The van der Waals surface area contributed by atoms with E-state index in [-0.39, 0.29) is 29.9 Å². The molecule has 35 heavy (non-hydrogen) atoms. The Balaban J connectivity index is 2.09. The standard InChI is InChI=1S/C29H37NO5/c1-18(2)17-35-22-12-13-23(19(3)16-22)26(31)24-25(30(14-15-34-7)28(33)27(24)32)20-8-10-21(11-9-20)29(4,5)6/h8-13,16,18,25,31H,14-15,17H2,1-7H3/t25-/m1/s1. The number of benzene rings is 2. The Morgan fingerprint density at radius 2 is 1.74 bits per heavy atom. The smallest absolute Gasteiger partial charge is 0.295 e. The number of Topliss-reactive ketones (excluding diaryl/α,β-unsaturated/α-hetero) is 1. The predicted octanol–water partition coefficient (Wildman–Crippen LogP) is 5.40. The lowest BCUT2D eigenvalue weighted by Gasteiger charge is -2.26. The number of aliphatic hydroxyl groups is 1. The van der Waals surface area contributed by atoms with Crippen molar-refractivity contribution < 1.29 is 24.2 Å². The Morgan fingerprint density at radius 3 is 2.29 bits per heavy atom. The average Bonchev–Trinajstić information content (AvgIpc) is 3.05. The average molecular weight is 480 g/mol. The van der Waals surface area contributed by atoms with Gasteiger partial charge < -0.3 is 19.5 Å². The lowest BCUT2D eigenvalue weighted by atomic mass is 9.85. The lowest BCUT2D eigenvalue weighted by molar-refractivity contribution is -0.140. The number of likely N-dealkylation sites (tertiary alicyclic amines) is 1. The van der Waals surface area contributed by atoms with Gasteiger partial charge in [-0.05, 0) is 53.1 Å². The number of carbonyl (C=O) groups excluding carboxylic acids is 2. The molecule has 0 radical (unpaired) electrons. The molecule has 6 heteroatoms. The Bertz CT molecular complexity index is 1110. The van der Waals surface area contributed by atoms with E-state index in [4.69, 9.17) is 9.47 Å². The minimum Gasteiger partial charge on any atom is -0.507 e. The molecule has 6 nitrogen and oxygen atoms in total. The highest BCUT2D eigenvalue weighted by Crippen LogP contribution is 2.40. The highest BCUT2D eigenvalue weighted by molar-refractivity contribution is 6.46. The van der Waals surface area contributed by atoms with Gasteiger partial charge in [0.05, 0.1) is 24.8 Å². The zero-order valence-corrected chi connectivity index (χ0v) is 21.8. The first-order valence-electron chi connectivity index (χ1n) is 12.1. The van der Waals surface area contributed by atoms with Gasteiger partial charge in [-0.3, -0.25) is 9.59 Å². The van der Waals surface area contributed by atoms with Crippen LogP contribution in [-0.4, -0.2) is 48.6 Å². The van der Waals surface area contributed by atoms with Crippen molar-refractivity contribution in [2.45, 2.75) is 53.0 Å². The molecular formula is C29H37NO5. The number of amides is 1. The minimum atomic E-state index is -0.699. The number of aryl methyl sites for hydroxylation is 1. The first kappa shape index (κ1) is 26.5. The summed E-state index contributed by atoms with van der Waals surface area (Å²) in [6.07, 6.45) is 0. The number of ether oxygens (including phenoxy) is 2. The summed E-state index contributed by atoms with van der Waals surface area (Å²) >= 11 is 0. The van der Waals surface area contributed by atoms with Crippen LogP contribution < -0.4 is 4.74 Å². The molecule has 1 N–H and O–H groups in total. The number of rotatable bonds is 8. The third kappa shape index (κ3) is 5.76. The molecule has 0 unspecified atom stereocenters. The molecule has 1 fully saturated rings. The van der Waals surface area contributed by atoms with Gasteiger partial charge >= 0.3 is 0 Å². The van der Waals surface area contributed by atoms with Crippen molar-refractivity contribution in [1.29, 1.82) is 0 Å². The van der Waals surface area contributed by atoms with Crippen LogP contribution in [0.1, 0.15) is 62.9 Å². The largest absolute Gasteiger partial charge is 0.507 e. The van der Waals surface area contributed by atoms with E-state index < -0.39 is 17.7 Å². The second kappa shape index (κ2) is 10.6. The molecule has 0 saturated carbocycles. The molecule has 0 bridgehead atoms. The van der Waals surface area contributed by atoms with E-state index in [0.717, 1.165) is 16.7 Å². The summed E-state index contributed by atoms with van der Waals surface area (Å²) in [4.78, 5) is 27.7. The molecule has 1 heterocycles. The molecule has 188 valence electrons. The number of hydrogen-bond acceptors (Lipinski definition) is 5. The van der Waals surface area contributed by atoms with E-state index in [1.54, 1.807) is 19.2 Å². The fraction of sp³-hybridized carbons (Fsp3) is 0.448. The highest BCUT2D eigenvalue weighted by Gasteiger charge is 2.46. The van der Waals surface area contributed by atoms with Crippen LogP contribution in [0.3, 0.4) is 0 Å². The topological polar surface area (TPSA) is 76.1 Å². The fourth-order valence-corrected chi connectivity index (χ4v) is 4.21. The summed E-state index contributed by atoms with van der Waals surface area (Å²) in [5.41, 5.74) is 3.23. The zero-order chi connectivity index (χ0) is 25.9. The molecule has 1 aliphatic heterocycles. The van der Waals surface area contributed by atoms with Crippen molar-refractivity contribution in [1.82, 2.24) is 4.90 Å². The quantitative estimate of drug-likeness (QED) is 0.312. The van der Waals surface area contributed by atoms with Gasteiger partial charge in [0.2, 0.25) is 0 Å². The van der Waals surface area contributed by atoms with Crippen molar-refractivity contribution in [2.24, 2.45) is 5.92 Å². The first-order valence-corrected chi connectivity index (χ1v) is 12.1. The summed E-state index contributed by atoms with van der Waals surface area (Å²) in [7, 11) is 1.55. The molecule has 0 aromatic heterocycles. The van der Waals surface area contributed by atoms with E-state index in [1.807, 2.05) is 37.3 Å². The van der Waals surface area contributed by atoms with Gasteiger partial charge in [0.25, 0.3) is 11.7 Å². The van der Waals surface area contributed by atoms with Gasteiger partial charge in [0.15, 0.2) is 0 Å². The third-order valence-corrected chi connectivity index (χ3v) is 6.21. The maximum atomic E-state index is 13.2. The number of aliphatic hydroxyl groups excluding tert-OH is 1. The summed E-state index contributed by atoms with van der Waals surface area (Å²) in [6.45, 7) is 13.5. The molecule has 1 saturated heterocycles. The number of nitrogens with zero attached hydrogens (tertiary/aromatic N) is 1. The summed E-state index contributed by atoms with van der Waals surface area (Å²) in [5, 5.41) is 11.4. The number of carbonyl (C=O) groups is 2. The van der Waals surface area contributed by atoms with E-state index in [9.17, 15) is 14.7 Å². The van der Waals surface area contributed by atoms with Crippen LogP contribution in [0.15, 0.2) is 48.0 Å². The normalized spacial score (nSPS) is 17.9. The van der Waals surface area contributed by atoms with Gasteiger partial charge in [-0.15, -0.1) is 0 Å². The van der Waals surface area contributed by atoms with Crippen molar-refractivity contribution in [3.8, 4) is 5.75 Å². The summed E-state index contributed by atoms with van der Waals surface area (Å²) in [5.74, 6) is -0.425. The molecule has 1 amide bonds. The molecule has 0 aliphatic carbocycles. The van der Waals surface area contributed by atoms with Gasteiger partial charge in [-0.25, -0.2) is 0 Å². The number of ketones is 1. The van der Waals surface area contributed by atoms with Gasteiger partial charge in [-0.2, -0.15) is 0 Å². The number of hydrogen-bond donors (Lipinski definition) is 1. The second-order valence-electron chi connectivity index (χ2n) is 10.5. The lowest BCUT2D eigenvalue weighted by Crippen LogP contribution is -2.32. The maximum Gasteiger partial charge on any atom is 0.295 e. The Kier molecular flexibility index (Phi) is 8.06. The summed E-state index contributed by atoms with van der Waals surface area (Å²) in [6, 6.07) is 12.5. The van der Waals surface area contributed by atoms with Crippen LogP contribution in [0.2, 0.25) is 0 Å². The van der Waals surface area contributed by atoms with Gasteiger partial charge in [0, 0.05) is 19.2 Å². The monoisotopic (exact) mass is 479 g/mol. The first-order chi connectivity index (χ1) is 16.5. The minimum absolute atomic E-state index is 0.0348. The van der Waals surface area contributed by atoms with Crippen LogP contribution in [0.25, 0.3) is 5.76 Å². The molecule has 1 atom stereocenters. The number of methoxy groups -OCH3 is 1. The zero-order valence-electron chi connectivity index (χ0n) is 21.8. The van der Waals surface area contributed by atoms with Crippen LogP contribution in [0.4, 0.5) is 0 Å². The third-order valence-electron chi connectivity index (χ3n) is 6.21.